The third-order valence-electron chi connectivity index (χ3n) is 3.15. The molecular weight excluding hydrogens is 268 g/mol. The van der Waals surface area contributed by atoms with Gasteiger partial charge in [0, 0.05) is 25.1 Å². The Morgan fingerprint density at radius 2 is 2.15 bits per heavy atom. The first kappa shape index (κ1) is 14.2. The zero-order valence-corrected chi connectivity index (χ0v) is 10.7. The molecule has 3 N–H and O–H groups in total. The second kappa shape index (κ2) is 5.85. The zero-order valence-electron chi connectivity index (χ0n) is 10.7. The van der Waals surface area contributed by atoms with E-state index < -0.39 is 17.5 Å². The summed E-state index contributed by atoms with van der Waals surface area (Å²) < 4.78 is 26.5. The summed E-state index contributed by atoms with van der Waals surface area (Å²) in [6.07, 6.45) is 1.87. The molecule has 0 aliphatic heterocycles. The minimum absolute atomic E-state index is 0.00280. The van der Waals surface area contributed by atoms with Crippen LogP contribution in [-0.2, 0) is 0 Å². The van der Waals surface area contributed by atoms with Crippen LogP contribution in [-0.4, -0.2) is 34.4 Å². The summed E-state index contributed by atoms with van der Waals surface area (Å²) in [4.78, 5) is 13.8. The van der Waals surface area contributed by atoms with E-state index in [-0.39, 0.29) is 30.4 Å². The van der Waals surface area contributed by atoms with E-state index >= 15 is 0 Å². The Kier molecular flexibility index (Phi) is 4.16. The summed E-state index contributed by atoms with van der Waals surface area (Å²) >= 11 is 0. The van der Waals surface area contributed by atoms with Crippen molar-refractivity contribution in [1.29, 1.82) is 0 Å². The second-order valence-electron chi connectivity index (χ2n) is 4.70. The number of oxime groups is 1. The molecule has 0 saturated heterocycles. The topological polar surface area (TPSA) is 78.9 Å². The maximum absolute atomic E-state index is 13.6. The molecule has 0 unspecified atom stereocenters. The Bertz CT molecular complexity index is 544. The predicted molar refractivity (Wildman–Crippen MR) is 68.4 cm³/mol. The molecule has 0 heterocycles. The number of amides is 1. The molecule has 1 aromatic rings. The van der Waals surface area contributed by atoms with Gasteiger partial charge in [0.25, 0.3) is 5.91 Å². The Hall–Kier alpha value is -2.18. The van der Waals surface area contributed by atoms with Crippen molar-refractivity contribution in [2.24, 2.45) is 10.9 Å². The van der Waals surface area contributed by atoms with Crippen LogP contribution in [0.1, 0.15) is 29.6 Å². The molecular formula is C13H15F2N3O2. The van der Waals surface area contributed by atoms with E-state index in [1.165, 1.54) is 4.90 Å². The molecule has 1 amide bonds. The fraction of sp³-hybridized carbons (Fsp3) is 0.385. The predicted octanol–water partition coefficient (Wildman–Crippen LogP) is 1.71. The largest absolute Gasteiger partial charge is 0.409 e. The van der Waals surface area contributed by atoms with Gasteiger partial charge in [0.15, 0.2) is 0 Å². The fourth-order valence-corrected chi connectivity index (χ4v) is 1.94. The van der Waals surface area contributed by atoms with Crippen molar-refractivity contribution in [2.75, 3.05) is 6.54 Å². The number of carbonyl (C=O) groups excluding carboxylic acids is 1. The standard InChI is InChI=1S/C13H15F2N3O2/c14-8-1-4-10(11(15)7-8)13(19)18(9-2-3-9)6-5-12(16)17-20/h1,4,7,9,20H,2-3,5-6H2,(H2,16,17). The lowest BCUT2D eigenvalue weighted by atomic mass is 10.1. The van der Waals surface area contributed by atoms with E-state index in [1.54, 1.807) is 0 Å². The van der Waals surface area contributed by atoms with Crippen LogP contribution in [0.3, 0.4) is 0 Å². The minimum atomic E-state index is -0.885. The summed E-state index contributed by atoms with van der Waals surface area (Å²) in [6, 6.07) is 2.90. The van der Waals surface area contributed by atoms with E-state index in [0.29, 0.717) is 6.07 Å². The van der Waals surface area contributed by atoms with Crippen LogP contribution in [0.4, 0.5) is 8.78 Å². The molecule has 1 saturated carbocycles. The summed E-state index contributed by atoms with van der Waals surface area (Å²) in [5, 5.41) is 11.3. The van der Waals surface area contributed by atoms with Gasteiger partial charge in [0.05, 0.1) is 5.56 Å². The number of rotatable bonds is 5. The zero-order chi connectivity index (χ0) is 14.7. The number of halogens is 2. The summed E-state index contributed by atoms with van der Waals surface area (Å²) in [7, 11) is 0. The van der Waals surface area contributed by atoms with Crippen LogP contribution in [0.5, 0.6) is 0 Å². The van der Waals surface area contributed by atoms with Crippen LogP contribution in [0.2, 0.25) is 0 Å². The van der Waals surface area contributed by atoms with Crippen molar-refractivity contribution in [1.82, 2.24) is 4.90 Å². The van der Waals surface area contributed by atoms with Gasteiger partial charge < -0.3 is 15.8 Å². The van der Waals surface area contributed by atoms with Crippen LogP contribution in [0, 0.1) is 11.6 Å². The third kappa shape index (κ3) is 3.23. The monoisotopic (exact) mass is 283 g/mol. The Morgan fingerprint density at radius 1 is 1.45 bits per heavy atom. The molecule has 0 atom stereocenters. The lowest BCUT2D eigenvalue weighted by Crippen LogP contribution is -2.36. The lowest BCUT2D eigenvalue weighted by molar-refractivity contribution is 0.0742. The number of nitrogens with two attached hydrogens (primary N) is 1. The number of benzene rings is 1. The average molecular weight is 283 g/mol. The maximum atomic E-state index is 13.6. The van der Waals surface area contributed by atoms with E-state index in [1.807, 2.05) is 0 Å². The van der Waals surface area contributed by atoms with Crippen LogP contribution in [0.15, 0.2) is 23.4 Å². The highest BCUT2D eigenvalue weighted by Gasteiger charge is 2.33. The van der Waals surface area contributed by atoms with Crippen molar-refractivity contribution in [3.05, 3.63) is 35.4 Å². The molecule has 1 fully saturated rings. The van der Waals surface area contributed by atoms with E-state index in [9.17, 15) is 13.6 Å². The maximum Gasteiger partial charge on any atom is 0.257 e. The smallest absolute Gasteiger partial charge is 0.257 e. The first-order valence-corrected chi connectivity index (χ1v) is 6.25. The van der Waals surface area contributed by atoms with E-state index in [4.69, 9.17) is 10.9 Å². The lowest BCUT2D eigenvalue weighted by Gasteiger charge is -2.22. The van der Waals surface area contributed by atoms with E-state index in [0.717, 1.165) is 25.0 Å². The van der Waals surface area contributed by atoms with Crippen LogP contribution >= 0.6 is 0 Å². The van der Waals surface area contributed by atoms with Gasteiger partial charge in [-0.25, -0.2) is 8.78 Å². The highest BCUT2D eigenvalue weighted by Crippen LogP contribution is 2.29. The molecule has 1 aromatic carbocycles. The van der Waals surface area contributed by atoms with Gasteiger partial charge in [0.1, 0.15) is 17.5 Å². The SMILES string of the molecule is NC(CCN(C(=O)c1ccc(F)cc1F)C1CC1)=NO. The number of amidine groups is 1. The fourth-order valence-electron chi connectivity index (χ4n) is 1.94. The molecule has 108 valence electrons. The van der Waals surface area contributed by atoms with E-state index in [2.05, 4.69) is 5.16 Å². The van der Waals surface area contributed by atoms with Gasteiger partial charge in [-0.15, -0.1) is 0 Å². The second-order valence-corrected chi connectivity index (χ2v) is 4.70. The van der Waals surface area contributed by atoms with Gasteiger partial charge in [-0.3, -0.25) is 4.79 Å². The molecule has 0 aromatic heterocycles. The van der Waals surface area contributed by atoms with Crippen LogP contribution in [0.25, 0.3) is 0 Å². The molecule has 5 nitrogen and oxygen atoms in total. The molecule has 20 heavy (non-hydrogen) atoms. The van der Waals surface area contributed by atoms with Gasteiger partial charge in [-0.1, -0.05) is 5.16 Å². The van der Waals surface area contributed by atoms with Gasteiger partial charge in [-0.2, -0.15) is 0 Å². The van der Waals surface area contributed by atoms with Crippen molar-refractivity contribution >= 4 is 11.7 Å². The van der Waals surface area contributed by atoms with Gasteiger partial charge >= 0.3 is 0 Å². The Morgan fingerprint density at radius 3 is 2.70 bits per heavy atom. The number of hydrogen-bond acceptors (Lipinski definition) is 3. The molecule has 0 bridgehead atoms. The summed E-state index contributed by atoms with van der Waals surface area (Å²) in [5.41, 5.74) is 5.20. The van der Waals surface area contributed by atoms with Crippen molar-refractivity contribution in [3.63, 3.8) is 0 Å². The number of carbonyl (C=O) groups is 1. The normalized spacial score (nSPS) is 15.2. The molecule has 1 aliphatic carbocycles. The first-order chi connectivity index (χ1) is 9.52. The van der Waals surface area contributed by atoms with Gasteiger partial charge in [0.2, 0.25) is 0 Å². The number of hydrogen-bond donors (Lipinski definition) is 2. The summed E-state index contributed by atoms with van der Waals surface area (Å²) in [5.74, 6) is -2.11. The first-order valence-electron chi connectivity index (χ1n) is 6.25. The molecule has 7 heteroatoms. The third-order valence-corrected chi connectivity index (χ3v) is 3.15. The van der Waals surface area contributed by atoms with Crippen molar-refractivity contribution in [3.8, 4) is 0 Å². The Labute approximate surface area is 114 Å². The Balaban J connectivity index is 2.14. The molecule has 2 rings (SSSR count). The van der Waals surface area contributed by atoms with Gasteiger partial charge in [-0.05, 0) is 25.0 Å². The minimum Gasteiger partial charge on any atom is -0.409 e. The summed E-state index contributed by atoms with van der Waals surface area (Å²) in [6.45, 7) is 0.232. The van der Waals surface area contributed by atoms with Crippen molar-refractivity contribution in [2.45, 2.75) is 25.3 Å². The highest BCUT2D eigenvalue weighted by molar-refractivity contribution is 5.95. The van der Waals surface area contributed by atoms with Crippen molar-refractivity contribution < 1.29 is 18.8 Å². The highest BCUT2D eigenvalue weighted by atomic mass is 19.1. The number of nitrogens with zero attached hydrogens (tertiary/aromatic N) is 2. The molecule has 0 radical (unpaired) electrons. The average Bonchev–Trinajstić information content (AvgIpc) is 3.23. The van der Waals surface area contributed by atoms with Crippen LogP contribution < -0.4 is 5.73 Å². The molecule has 0 spiro atoms. The molecule has 1 aliphatic rings. The quantitative estimate of drug-likeness (QED) is 0.373.